The van der Waals surface area contributed by atoms with E-state index in [2.05, 4.69) is 44.0 Å². The summed E-state index contributed by atoms with van der Waals surface area (Å²) >= 11 is 0. The second-order valence-electron chi connectivity index (χ2n) is 5.18. The van der Waals surface area contributed by atoms with Crippen LogP contribution in [0.4, 0.5) is 11.4 Å². The van der Waals surface area contributed by atoms with Gasteiger partial charge in [0.25, 0.3) is 0 Å². The molecule has 0 unspecified atom stereocenters. The molecule has 0 aromatic heterocycles. The molecule has 0 saturated carbocycles. The van der Waals surface area contributed by atoms with Crippen LogP contribution in [0.15, 0.2) is 42.5 Å². The molecular weight excluding hydrogens is 248 g/mol. The highest BCUT2D eigenvalue weighted by Gasteiger charge is 2.03. The number of aryl methyl sites for hydroxylation is 2. The third-order valence-corrected chi connectivity index (χ3v) is 3.22. The first-order chi connectivity index (χ1) is 9.54. The van der Waals surface area contributed by atoms with Gasteiger partial charge in [0.05, 0.1) is 6.54 Å². The fraction of sp³-hybridized carbons (Fsp3) is 0.294. The molecule has 0 bridgehead atoms. The number of nitrogens with zero attached hydrogens (tertiary/aromatic N) is 1. The number of nitrogen functional groups attached to an aromatic ring is 1. The van der Waals surface area contributed by atoms with Crippen molar-refractivity contribution in [3.05, 3.63) is 53.6 Å². The predicted octanol–water partition coefficient (Wildman–Crippen LogP) is 3.40. The third kappa shape index (κ3) is 3.92. The number of likely N-dealkylation sites (N-methyl/N-ethyl adjacent to an activating group) is 1. The van der Waals surface area contributed by atoms with Crippen LogP contribution in [0, 0.1) is 13.8 Å². The highest BCUT2D eigenvalue weighted by atomic mass is 16.5. The van der Waals surface area contributed by atoms with E-state index in [1.807, 2.05) is 24.3 Å². The molecule has 0 spiro atoms. The van der Waals surface area contributed by atoms with Crippen molar-refractivity contribution in [2.24, 2.45) is 0 Å². The molecule has 3 nitrogen and oxygen atoms in total. The summed E-state index contributed by atoms with van der Waals surface area (Å²) in [7, 11) is 2.08. The monoisotopic (exact) mass is 270 g/mol. The molecule has 0 aliphatic rings. The normalized spacial score (nSPS) is 10.3. The Morgan fingerprint density at radius 1 is 1.00 bits per heavy atom. The van der Waals surface area contributed by atoms with Gasteiger partial charge in [-0.25, -0.2) is 0 Å². The Morgan fingerprint density at radius 2 is 1.60 bits per heavy atom. The lowest BCUT2D eigenvalue weighted by Gasteiger charge is -2.20. The molecule has 0 atom stereocenters. The number of nitrogens with two attached hydrogens (primary N) is 1. The lowest BCUT2D eigenvalue weighted by atomic mass is 10.1. The molecule has 0 aliphatic heterocycles. The molecule has 2 N–H and O–H groups in total. The van der Waals surface area contributed by atoms with E-state index in [4.69, 9.17) is 10.5 Å². The zero-order valence-corrected chi connectivity index (χ0v) is 12.4. The molecule has 2 aromatic rings. The van der Waals surface area contributed by atoms with E-state index in [0.717, 1.165) is 18.0 Å². The first kappa shape index (κ1) is 14.3. The summed E-state index contributed by atoms with van der Waals surface area (Å²) in [5.74, 6) is 0.855. The van der Waals surface area contributed by atoms with E-state index < -0.39 is 0 Å². The van der Waals surface area contributed by atoms with Crippen LogP contribution >= 0.6 is 0 Å². The quantitative estimate of drug-likeness (QED) is 0.846. The van der Waals surface area contributed by atoms with Crippen molar-refractivity contribution in [1.82, 2.24) is 0 Å². The Morgan fingerprint density at radius 3 is 2.20 bits per heavy atom. The summed E-state index contributed by atoms with van der Waals surface area (Å²) in [5.41, 5.74) is 10.2. The number of hydrogen-bond donors (Lipinski definition) is 1. The Bertz CT molecular complexity index is 543. The molecular formula is C17H22N2O. The molecule has 20 heavy (non-hydrogen) atoms. The van der Waals surface area contributed by atoms with Crippen LogP contribution < -0.4 is 15.4 Å². The molecule has 106 valence electrons. The van der Waals surface area contributed by atoms with E-state index in [9.17, 15) is 0 Å². The first-order valence-corrected chi connectivity index (χ1v) is 6.82. The van der Waals surface area contributed by atoms with Crippen LogP contribution in [0.2, 0.25) is 0 Å². The molecule has 0 radical (unpaired) electrons. The molecule has 0 fully saturated rings. The first-order valence-electron chi connectivity index (χ1n) is 6.82. The van der Waals surface area contributed by atoms with Crippen molar-refractivity contribution in [3.8, 4) is 5.75 Å². The van der Waals surface area contributed by atoms with E-state index in [1.54, 1.807) is 0 Å². The SMILES string of the molecule is Cc1cc(C)cc(N(C)CCOc2ccc(N)cc2)c1. The van der Waals surface area contributed by atoms with E-state index >= 15 is 0 Å². The van der Waals surface area contributed by atoms with Crippen LogP contribution in [0.3, 0.4) is 0 Å². The molecule has 0 amide bonds. The molecule has 0 saturated heterocycles. The van der Waals surface area contributed by atoms with Crippen LogP contribution in [-0.4, -0.2) is 20.2 Å². The summed E-state index contributed by atoms with van der Waals surface area (Å²) in [6, 6.07) is 14.1. The minimum atomic E-state index is 0.646. The van der Waals surface area contributed by atoms with Crippen molar-refractivity contribution in [2.45, 2.75) is 13.8 Å². The zero-order chi connectivity index (χ0) is 14.5. The Balaban J connectivity index is 1.88. The lowest BCUT2D eigenvalue weighted by molar-refractivity contribution is 0.326. The third-order valence-electron chi connectivity index (χ3n) is 3.22. The van der Waals surface area contributed by atoms with Gasteiger partial charge < -0.3 is 15.4 Å². The molecule has 3 heteroatoms. The summed E-state index contributed by atoms with van der Waals surface area (Å²) < 4.78 is 5.72. The molecule has 2 aromatic carbocycles. The largest absolute Gasteiger partial charge is 0.492 e. The summed E-state index contributed by atoms with van der Waals surface area (Å²) in [4.78, 5) is 2.21. The van der Waals surface area contributed by atoms with Crippen LogP contribution in [0.1, 0.15) is 11.1 Å². The maximum Gasteiger partial charge on any atom is 0.119 e. The highest BCUT2D eigenvalue weighted by Crippen LogP contribution is 2.18. The van der Waals surface area contributed by atoms with Crippen LogP contribution in [0.5, 0.6) is 5.75 Å². The molecule has 0 heterocycles. The summed E-state index contributed by atoms with van der Waals surface area (Å²) in [5, 5.41) is 0. The van der Waals surface area contributed by atoms with Crippen LogP contribution in [-0.2, 0) is 0 Å². The van der Waals surface area contributed by atoms with Crippen molar-refractivity contribution >= 4 is 11.4 Å². The van der Waals surface area contributed by atoms with E-state index in [1.165, 1.54) is 16.8 Å². The average molecular weight is 270 g/mol. The predicted molar refractivity (Wildman–Crippen MR) is 85.5 cm³/mol. The number of benzene rings is 2. The second kappa shape index (κ2) is 6.33. The van der Waals surface area contributed by atoms with Gasteiger partial charge in [-0.2, -0.15) is 0 Å². The smallest absolute Gasteiger partial charge is 0.119 e. The average Bonchev–Trinajstić information content (AvgIpc) is 2.40. The summed E-state index contributed by atoms with van der Waals surface area (Å²) in [6.07, 6.45) is 0. The van der Waals surface area contributed by atoms with Gasteiger partial charge in [-0.15, -0.1) is 0 Å². The number of hydrogen-bond acceptors (Lipinski definition) is 3. The Kier molecular flexibility index (Phi) is 4.51. The molecule has 0 aliphatic carbocycles. The maximum absolute atomic E-state index is 5.72. The number of rotatable bonds is 5. The van der Waals surface area contributed by atoms with Crippen molar-refractivity contribution in [3.63, 3.8) is 0 Å². The lowest BCUT2D eigenvalue weighted by Crippen LogP contribution is -2.23. The highest BCUT2D eigenvalue weighted by molar-refractivity contribution is 5.50. The standard InChI is InChI=1S/C17H22N2O/c1-13-10-14(2)12-16(11-13)19(3)8-9-20-17-6-4-15(18)5-7-17/h4-7,10-12H,8-9,18H2,1-3H3. The molecule has 2 rings (SSSR count). The second-order valence-corrected chi connectivity index (χ2v) is 5.18. The maximum atomic E-state index is 5.72. The number of ether oxygens (including phenoxy) is 1. The van der Waals surface area contributed by atoms with Crippen molar-refractivity contribution in [1.29, 1.82) is 0 Å². The Labute approximate surface area is 121 Å². The fourth-order valence-electron chi connectivity index (χ4n) is 2.16. The van der Waals surface area contributed by atoms with Gasteiger partial charge in [0, 0.05) is 18.4 Å². The van der Waals surface area contributed by atoms with Crippen molar-refractivity contribution in [2.75, 3.05) is 30.8 Å². The topological polar surface area (TPSA) is 38.5 Å². The minimum Gasteiger partial charge on any atom is -0.492 e. The Hall–Kier alpha value is -2.16. The summed E-state index contributed by atoms with van der Waals surface area (Å²) in [6.45, 7) is 5.73. The van der Waals surface area contributed by atoms with E-state index in [-0.39, 0.29) is 0 Å². The van der Waals surface area contributed by atoms with Gasteiger partial charge in [0.15, 0.2) is 0 Å². The number of anilines is 2. The van der Waals surface area contributed by atoms with Gasteiger partial charge in [0.1, 0.15) is 12.4 Å². The zero-order valence-electron chi connectivity index (χ0n) is 12.4. The van der Waals surface area contributed by atoms with Gasteiger partial charge in [0.2, 0.25) is 0 Å². The van der Waals surface area contributed by atoms with Gasteiger partial charge in [-0.05, 0) is 61.4 Å². The van der Waals surface area contributed by atoms with Crippen molar-refractivity contribution < 1.29 is 4.74 Å². The van der Waals surface area contributed by atoms with E-state index in [0.29, 0.717) is 6.61 Å². The minimum absolute atomic E-state index is 0.646. The van der Waals surface area contributed by atoms with Gasteiger partial charge >= 0.3 is 0 Å². The fourth-order valence-corrected chi connectivity index (χ4v) is 2.16. The van der Waals surface area contributed by atoms with Gasteiger partial charge in [-0.1, -0.05) is 6.07 Å². The van der Waals surface area contributed by atoms with Gasteiger partial charge in [-0.3, -0.25) is 0 Å². The van der Waals surface area contributed by atoms with Crippen LogP contribution in [0.25, 0.3) is 0 Å².